The van der Waals surface area contributed by atoms with Crippen LogP contribution in [-0.2, 0) is 6.42 Å². The second-order valence-corrected chi connectivity index (χ2v) is 5.11. The third-order valence-electron chi connectivity index (χ3n) is 2.67. The van der Waals surface area contributed by atoms with E-state index >= 15 is 0 Å². The van der Waals surface area contributed by atoms with Crippen molar-refractivity contribution in [3.05, 3.63) is 57.4 Å². The van der Waals surface area contributed by atoms with E-state index in [1.807, 2.05) is 37.4 Å². The number of hydrogen-bond acceptors (Lipinski definition) is 2. The van der Waals surface area contributed by atoms with Gasteiger partial charge in [0.05, 0.1) is 6.26 Å². The van der Waals surface area contributed by atoms with Crippen LogP contribution in [0.4, 0.5) is 0 Å². The maximum atomic E-state index is 6.22. The van der Waals surface area contributed by atoms with E-state index in [2.05, 4.69) is 21.2 Å². The van der Waals surface area contributed by atoms with Gasteiger partial charge in [0.1, 0.15) is 5.76 Å². The molecule has 0 amide bonds. The minimum atomic E-state index is 0.145. The van der Waals surface area contributed by atoms with Crippen LogP contribution in [-0.4, -0.2) is 7.05 Å². The van der Waals surface area contributed by atoms with Gasteiger partial charge in [-0.3, -0.25) is 0 Å². The summed E-state index contributed by atoms with van der Waals surface area (Å²) in [5.74, 6) is 0.945. The Balaban J connectivity index is 2.25. The zero-order valence-corrected chi connectivity index (χ0v) is 11.8. The van der Waals surface area contributed by atoms with E-state index in [1.54, 1.807) is 6.26 Å². The first kappa shape index (κ1) is 12.7. The number of rotatable bonds is 4. The van der Waals surface area contributed by atoms with Gasteiger partial charge in [-0.05, 0) is 42.9 Å². The molecule has 1 aromatic carbocycles. The fraction of sp³-hybridized carbons (Fsp3) is 0.231. The zero-order valence-electron chi connectivity index (χ0n) is 9.41. The van der Waals surface area contributed by atoms with Gasteiger partial charge in [0, 0.05) is 22.0 Å². The van der Waals surface area contributed by atoms with Crippen molar-refractivity contribution >= 4 is 27.5 Å². The summed E-state index contributed by atoms with van der Waals surface area (Å²) >= 11 is 9.68. The Morgan fingerprint density at radius 2 is 2.24 bits per heavy atom. The minimum absolute atomic E-state index is 0.145. The van der Waals surface area contributed by atoms with Crippen LogP contribution in [0.1, 0.15) is 17.4 Å². The molecule has 0 bridgehead atoms. The highest BCUT2D eigenvalue weighted by Crippen LogP contribution is 2.28. The Kier molecular flexibility index (Phi) is 4.26. The van der Waals surface area contributed by atoms with Crippen molar-refractivity contribution in [3.8, 4) is 0 Å². The van der Waals surface area contributed by atoms with E-state index in [0.717, 1.165) is 27.2 Å². The molecule has 0 fully saturated rings. The lowest BCUT2D eigenvalue weighted by Gasteiger charge is -2.17. The minimum Gasteiger partial charge on any atom is -0.469 e. The predicted octanol–water partition coefficient (Wildman–Crippen LogP) is 4.20. The molecule has 0 aliphatic carbocycles. The quantitative estimate of drug-likeness (QED) is 0.915. The second-order valence-electron chi connectivity index (χ2n) is 3.79. The maximum Gasteiger partial charge on any atom is 0.105 e. The van der Waals surface area contributed by atoms with E-state index in [0.29, 0.717) is 0 Å². The molecule has 0 spiro atoms. The summed E-state index contributed by atoms with van der Waals surface area (Å²) in [4.78, 5) is 0. The Hall–Kier alpha value is -0.770. The van der Waals surface area contributed by atoms with Gasteiger partial charge in [-0.25, -0.2) is 0 Å². The van der Waals surface area contributed by atoms with Gasteiger partial charge < -0.3 is 9.73 Å². The van der Waals surface area contributed by atoms with Gasteiger partial charge in [-0.1, -0.05) is 27.5 Å². The summed E-state index contributed by atoms with van der Waals surface area (Å²) in [7, 11) is 1.92. The van der Waals surface area contributed by atoms with Crippen LogP contribution >= 0.6 is 27.5 Å². The molecule has 0 saturated carbocycles. The second kappa shape index (κ2) is 5.71. The van der Waals surface area contributed by atoms with E-state index in [9.17, 15) is 0 Å². The van der Waals surface area contributed by atoms with Crippen molar-refractivity contribution in [2.24, 2.45) is 0 Å². The summed E-state index contributed by atoms with van der Waals surface area (Å²) < 4.78 is 6.39. The predicted molar refractivity (Wildman–Crippen MR) is 73.4 cm³/mol. The lowest BCUT2D eigenvalue weighted by Crippen LogP contribution is -2.19. The molecule has 17 heavy (non-hydrogen) atoms. The Labute approximate surface area is 114 Å². The molecular formula is C13H13BrClNO. The first-order valence-electron chi connectivity index (χ1n) is 5.35. The summed E-state index contributed by atoms with van der Waals surface area (Å²) in [6, 6.07) is 9.87. The topological polar surface area (TPSA) is 25.2 Å². The molecule has 1 N–H and O–H groups in total. The molecule has 1 unspecified atom stereocenters. The average molecular weight is 315 g/mol. The molecule has 2 nitrogen and oxygen atoms in total. The highest BCUT2D eigenvalue weighted by molar-refractivity contribution is 9.10. The van der Waals surface area contributed by atoms with Crippen LogP contribution in [0.25, 0.3) is 0 Å². The zero-order chi connectivity index (χ0) is 12.3. The largest absolute Gasteiger partial charge is 0.469 e. The first-order chi connectivity index (χ1) is 8.20. The Bertz CT molecular complexity index is 484. The molecule has 1 aromatic heterocycles. The van der Waals surface area contributed by atoms with Crippen molar-refractivity contribution < 1.29 is 4.42 Å². The fourth-order valence-corrected chi connectivity index (χ4v) is 2.41. The van der Waals surface area contributed by atoms with Crippen LogP contribution in [0.3, 0.4) is 0 Å². The average Bonchev–Trinajstić information content (AvgIpc) is 2.82. The molecule has 4 heteroatoms. The van der Waals surface area contributed by atoms with Crippen molar-refractivity contribution in [1.82, 2.24) is 5.32 Å². The lowest BCUT2D eigenvalue weighted by molar-refractivity contribution is 0.466. The lowest BCUT2D eigenvalue weighted by atomic mass is 10.0. The van der Waals surface area contributed by atoms with Crippen LogP contribution in [0.15, 0.2) is 45.5 Å². The fourth-order valence-electron chi connectivity index (χ4n) is 1.78. The molecule has 0 radical (unpaired) electrons. The van der Waals surface area contributed by atoms with Crippen molar-refractivity contribution in [2.75, 3.05) is 7.05 Å². The van der Waals surface area contributed by atoms with E-state index in [4.69, 9.17) is 16.0 Å². The van der Waals surface area contributed by atoms with Crippen molar-refractivity contribution in [1.29, 1.82) is 0 Å². The van der Waals surface area contributed by atoms with Crippen LogP contribution in [0, 0.1) is 0 Å². The number of furan rings is 1. The summed E-state index contributed by atoms with van der Waals surface area (Å²) in [5, 5.41) is 4.02. The summed E-state index contributed by atoms with van der Waals surface area (Å²) in [5.41, 5.74) is 1.07. The molecule has 90 valence electrons. The maximum absolute atomic E-state index is 6.22. The normalized spacial score (nSPS) is 12.6. The number of likely N-dealkylation sites (N-methyl/N-ethyl adjacent to an activating group) is 1. The standard InChI is InChI=1S/C13H13BrClNO/c1-16-13(8-10-3-2-6-17-10)11-7-9(14)4-5-12(11)15/h2-7,13,16H,8H2,1H3. The van der Waals surface area contributed by atoms with Gasteiger partial charge in [0.25, 0.3) is 0 Å². The molecule has 1 atom stereocenters. The van der Waals surface area contributed by atoms with Gasteiger partial charge >= 0.3 is 0 Å². The van der Waals surface area contributed by atoms with Gasteiger partial charge in [0.15, 0.2) is 0 Å². The Morgan fingerprint density at radius 3 is 2.88 bits per heavy atom. The molecule has 1 heterocycles. The summed E-state index contributed by atoms with van der Waals surface area (Å²) in [6.45, 7) is 0. The first-order valence-corrected chi connectivity index (χ1v) is 6.52. The van der Waals surface area contributed by atoms with E-state index < -0.39 is 0 Å². The van der Waals surface area contributed by atoms with Gasteiger partial charge in [-0.2, -0.15) is 0 Å². The van der Waals surface area contributed by atoms with Crippen LogP contribution < -0.4 is 5.32 Å². The van der Waals surface area contributed by atoms with E-state index in [1.165, 1.54) is 0 Å². The monoisotopic (exact) mass is 313 g/mol. The third-order valence-corrected chi connectivity index (χ3v) is 3.50. The highest BCUT2D eigenvalue weighted by atomic mass is 79.9. The molecular weight excluding hydrogens is 302 g/mol. The smallest absolute Gasteiger partial charge is 0.105 e. The number of benzene rings is 1. The third kappa shape index (κ3) is 3.12. The number of hydrogen-bond donors (Lipinski definition) is 1. The molecule has 2 rings (SSSR count). The number of nitrogens with one attached hydrogen (secondary N) is 1. The van der Waals surface area contributed by atoms with Crippen LogP contribution in [0.5, 0.6) is 0 Å². The van der Waals surface area contributed by atoms with Gasteiger partial charge in [-0.15, -0.1) is 0 Å². The Morgan fingerprint density at radius 1 is 1.41 bits per heavy atom. The number of halogens is 2. The SMILES string of the molecule is CNC(Cc1ccco1)c1cc(Br)ccc1Cl. The van der Waals surface area contributed by atoms with E-state index in [-0.39, 0.29) is 6.04 Å². The van der Waals surface area contributed by atoms with Crippen molar-refractivity contribution in [2.45, 2.75) is 12.5 Å². The molecule has 0 aliphatic heterocycles. The van der Waals surface area contributed by atoms with Crippen LogP contribution in [0.2, 0.25) is 5.02 Å². The summed E-state index contributed by atoms with van der Waals surface area (Å²) in [6.07, 6.45) is 2.46. The van der Waals surface area contributed by atoms with Crippen molar-refractivity contribution in [3.63, 3.8) is 0 Å². The molecule has 2 aromatic rings. The molecule has 0 aliphatic rings. The van der Waals surface area contributed by atoms with Gasteiger partial charge in [0.2, 0.25) is 0 Å². The molecule has 0 saturated heterocycles. The highest BCUT2D eigenvalue weighted by Gasteiger charge is 2.15.